The molecule has 17 nitrogen and oxygen atoms in total. The van der Waals surface area contributed by atoms with Crippen LogP contribution in [0.4, 0.5) is 4.39 Å². The second-order valence-electron chi connectivity index (χ2n) is 33.7. The van der Waals surface area contributed by atoms with Crippen LogP contribution in [-0.2, 0) is 15.6 Å². The van der Waals surface area contributed by atoms with Gasteiger partial charge in [0.15, 0.2) is 62.3 Å². The summed E-state index contributed by atoms with van der Waals surface area (Å²) in [5.74, 6) is 6.57. The topological polar surface area (TPSA) is 212 Å². The van der Waals surface area contributed by atoms with E-state index in [0.29, 0.717) is 85.9 Å². The summed E-state index contributed by atoms with van der Waals surface area (Å²) >= 11 is 0. The number of carbonyl (C=O) groups excluding carboxylic acids is 7. The third-order valence-corrected chi connectivity index (χ3v) is 31.1. The number of carbonyl (C=O) groups is 7. The van der Waals surface area contributed by atoms with E-state index in [1.54, 1.807) is 68.0 Å². The van der Waals surface area contributed by atoms with Crippen LogP contribution in [0.2, 0.25) is 0 Å². The standard InChI is InChI=1S/2C19H23O2P.C17H18FO5P.C16H17O2P.2C15H15O2P.C14H13O2P/c1-13-10-15(19(2,3)4)11-17(18(13)21-5)22-16-9-7-6-8-14(16)12-20;1-13-10-15(19(2,3)4)18(21-5)17(11-13)22-16-9-7-6-8-14(16)12-20;1-20-10-23-17-14(22-3)7-13(21-2)8-16(17)24-15-5-4-12(18)6-11(15)9-19;1-11-8-12(2)16(18-3)15(9-11)19-14-7-5-4-6-13(14)10-17;1-11-6-5-9-14(15(11)17-2)18-13-8-4-3-7-12(13)10-16;1-11-7-8-13(17-2)15(9-11)18-14-6-4-3-5-12(14)10-16;1-16-12-7-3-5-9-14(12)17-13-8-4-2-6-11(13)10-15/h2*6-12,22H,1-5H3;4-9,24H,10H2,1-3H3;4-10,19H,1-3H3;2*3-10,18H,1-2H3;2-10,17H,1H3. The van der Waals surface area contributed by atoms with Gasteiger partial charge in [0.05, 0.1) is 56.9 Å². The predicted molar refractivity (Wildman–Crippen MR) is 592 cm³/mol. The fourth-order valence-corrected chi connectivity index (χ4v) is 24.0. The lowest BCUT2D eigenvalue weighted by molar-refractivity contribution is 0.0499. The van der Waals surface area contributed by atoms with Gasteiger partial charge in [0, 0.05) is 94.8 Å². The summed E-state index contributed by atoms with van der Waals surface area (Å²) in [5.41, 5.74) is 14.4. The second-order valence-corrected chi connectivity index (χ2v) is 43.0. The average molecular weight is 2010 g/mol. The van der Waals surface area contributed by atoms with Gasteiger partial charge in [-0.25, -0.2) is 4.39 Å². The zero-order valence-corrected chi connectivity index (χ0v) is 90.0. The molecule has 0 aromatic heterocycles. The Kier molecular flexibility index (Phi) is 46.5. The van der Waals surface area contributed by atoms with Gasteiger partial charge in [-0.1, -0.05) is 319 Å². The molecule has 14 aromatic rings. The fraction of sp³-hybridized carbons (Fsp3) is 0.209. The monoisotopic (exact) mass is 2010 g/mol. The largest absolute Gasteiger partial charge is 0.497 e. The number of para-hydroxylation sites is 2. The third-order valence-electron chi connectivity index (χ3n) is 21.4. The van der Waals surface area contributed by atoms with Crippen LogP contribution in [0.25, 0.3) is 0 Å². The number of rotatable bonds is 32. The first-order chi connectivity index (χ1) is 67.3. The van der Waals surface area contributed by atoms with Crippen molar-refractivity contribution in [2.45, 2.75) is 93.9 Å². The van der Waals surface area contributed by atoms with Crippen LogP contribution in [-0.4, -0.2) is 115 Å². The van der Waals surface area contributed by atoms with Gasteiger partial charge in [-0.05, 0) is 177 Å². The predicted octanol–water partition coefficient (Wildman–Crippen LogP) is 19.5. The van der Waals surface area contributed by atoms with Crippen LogP contribution >= 0.6 is 60.1 Å². The Morgan fingerprint density at radius 2 is 0.593 bits per heavy atom. The number of methoxy groups -OCH3 is 9. The lowest BCUT2D eigenvalue weighted by Crippen LogP contribution is -2.19. The van der Waals surface area contributed by atoms with Crippen molar-refractivity contribution in [2.75, 3.05) is 70.8 Å². The molecule has 0 saturated carbocycles. The molecule has 0 fully saturated rings. The molecule has 7 unspecified atom stereocenters. The van der Waals surface area contributed by atoms with E-state index in [0.717, 1.165) is 191 Å². The van der Waals surface area contributed by atoms with Crippen molar-refractivity contribution in [2.24, 2.45) is 0 Å². The molecular formula is C115H124FO17P7. The van der Waals surface area contributed by atoms with Crippen molar-refractivity contribution in [3.63, 3.8) is 0 Å². The highest BCUT2D eigenvalue weighted by Crippen LogP contribution is 2.38. The maximum atomic E-state index is 13.3. The summed E-state index contributed by atoms with van der Waals surface area (Å²) in [6.45, 7) is 25.6. The number of hydrogen-bond donors (Lipinski definition) is 0. The van der Waals surface area contributed by atoms with Crippen LogP contribution in [0.1, 0.15) is 159 Å². The van der Waals surface area contributed by atoms with Gasteiger partial charge >= 0.3 is 0 Å². The van der Waals surface area contributed by atoms with Crippen molar-refractivity contribution in [3.05, 3.63) is 362 Å². The van der Waals surface area contributed by atoms with Gasteiger partial charge in [0.1, 0.15) is 46.1 Å². The molecule has 0 N–H and O–H groups in total. The number of halogens is 1. The Labute approximate surface area is 836 Å². The van der Waals surface area contributed by atoms with Gasteiger partial charge in [-0.15, -0.1) is 0 Å². The van der Waals surface area contributed by atoms with Crippen molar-refractivity contribution in [1.82, 2.24) is 0 Å². The van der Waals surface area contributed by atoms with Gasteiger partial charge < -0.3 is 47.4 Å². The quantitative estimate of drug-likeness (QED) is 0.0218. The van der Waals surface area contributed by atoms with Crippen molar-refractivity contribution in [1.29, 1.82) is 0 Å². The van der Waals surface area contributed by atoms with Gasteiger partial charge in [0.25, 0.3) is 0 Å². The highest BCUT2D eigenvalue weighted by atomic mass is 31.1. The molecule has 14 aromatic carbocycles. The lowest BCUT2D eigenvalue weighted by atomic mass is 9.85. The van der Waals surface area contributed by atoms with Crippen molar-refractivity contribution in [3.8, 4) is 51.7 Å². The van der Waals surface area contributed by atoms with Crippen molar-refractivity contribution < 1.29 is 85.3 Å². The first-order valence-corrected chi connectivity index (χ1v) is 51.6. The Bertz CT molecular complexity index is 6420. The molecular weight excluding hydrogens is 1890 g/mol. The molecule has 0 saturated heterocycles. The van der Waals surface area contributed by atoms with Gasteiger partial charge in [-0.3, -0.25) is 33.6 Å². The smallest absolute Gasteiger partial charge is 0.188 e. The summed E-state index contributed by atoms with van der Waals surface area (Å²) in [7, 11) is 17.3. The second kappa shape index (κ2) is 57.6. The number of benzene rings is 14. The molecule has 0 aliphatic rings. The number of aryl methyl sites for hydroxylation is 6. The zero-order valence-electron chi connectivity index (χ0n) is 83.0. The summed E-state index contributed by atoms with van der Waals surface area (Å²) in [5, 5.41) is 14.6. The minimum Gasteiger partial charge on any atom is -0.497 e. The highest BCUT2D eigenvalue weighted by molar-refractivity contribution is 7.58. The fourth-order valence-electron chi connectivity index (χ4n) is 14.5. The van der Waals surface area contributed by atoms with Crippen LogP contribution in [0.3, 0.4) is 0 Å². The minimum atomic E-state index is -0.454. The Morgan fingerprint density at radius 1 is 0.250 bits per heavy atom. The van der Waals surface area contributed by atoms with E-state index in [-0.39, 0.29) is 26.2 Å². The minimum absolute atomic E-state index is 0.0147. The molecule has 0 radical (unpaired) electrons. The maximum Gasteiger partial charge on any atom is 0.188 e. The number of hydrogen-bond acceptors (Lipinski definition) is 17. The van der Waals surface area contributed by atoms with Crippen LogP contribution in [0, 0.1) is 47.4 Å². The molecule has 7 atom stereocenters. The molecule has 14 rings (SSSR count). The van der Waals surface area contributed by atoms with E-state index in [9.17, 15) is 38.0 Å². The number of ether oxygens (including phenoxy) is 10. The Hall–Kier alpha value is -12.1. The molecule has 0 aliphatic heterocycles. The SMILES string of the molecule is COCOc1c(OC)cc(OC)cc1Pc1ccc(F)cc1C=O.COc1c(C)cc(C(C)(C)C)cc1Pc1ccccc1C=O.COc1c(C)cc(C)cc1Pc1ccccc1C=O.COc1c(C)cccc1Pc1ccccc1C=O.COc1c(Pc2ccccc2C=O)cc(C)cc1C(C)(C)C.COc1ccc(C)cc1Pc1ccccc1C=O.COc1ccccc1Pc1ccccc1C=O. The summed E-state index contributed by atoms with van der Waals surface area (Å²) in [6.07, 6.45) is 6.12. The van der Waals surface area contributed by atoms with Crippen LogP contribution in [0.15, 0.2) is 273 Å². The summed E-state index contributed by atoms with van der Waals surface area (Å²) in [6, 6.07) is 86.9. The molecule has 25 heteroatoms. The summed E-state index contributed by atoms with van der Waals surface area (Å²) in [4.78, 5) is 77.7. The van der Waals surface area contributed by atoms with Crippen LogP contribution < -0.4 is 117 Å². The average Bonchev–Trinajstić information content (AvgIpc) is 0.794. The molecule has 140 heavy (non-hydrogen) atoms. The van der Waals surface area contributed by atoms with E-state index in [4.69, 9.17) is 47.4 Å². The Morgan fingerprint density at radius 3 is 1.00 bits per heavy atom. The Balaban J connectivity index is 0.000000201. The van der Waals surface area contributed by atoms with Crippen LogP contribution in [0.5, 0.6) is 51.7 Å². The van der Waals surface area contributed by atoms with E-state index in [1.807, 2.05) is 214 Å². The lowest BCUT2D eigenvalue weighted by Gasteiger charge is -2.25. The van der Waals surface area contributed by atoms with E-state index in [1.165, 1.54) is 54.2 Å². The molecule has 0 heterocycles. The number of aldehydes is 7. The van der Waals surface area contributed by atoms with Gasteiger partial charge in [0.2, 0.25) is 0 Å². The molecule has 0 amide bonds. The van der Waals surface area contributed by atoms with E-state index < -0.39 is 5.82 Å². The molecule has 0 aliphatic carbocycles. The first kappa shape index (κ1) is 113. The van der Waals surface area contributed by atoms with Gasteiger partial charge in [-0.2, -0.15) is 0 Å². The third kappa shape index (κ3) is 33.3. The normalized spacial score (nSPS) is 11.1. The molecule has 728 valence electrons. The molecule has 0 bridgehead atoms. The maximum absolute atomic E-state index is 13.3. The first-order valence-electron chi connectivity index (χ1n) is 44.6. The van der Waals surface area contributed by atoms with E-state index >= 15 is 0 Å². The summed E-state index contributed by atoms with van der Waals surface area (Å²) < 4.78 is 67.5. The zero-order chi connectivity index (χ0) is 102. The van der Waals surface area contributed by atoms with Crippen molar-refractivity contribution >= 4 is 178 Å². The van der Waals surface area contributed by atoms with E-state index in [2.05, 4.69) is 112 Å². The molecule has 0 spiro atoms. The highest BCUT2D eigenvalue weighted by Gasteiger charge is 2.25.